The van der Waals surface area contributed by atoms with E-state index in [0.717, 1.165) is 10.6 Å². The van der Waals surface area contributed by atoms with Gasteiger partial charge in [0, 0.05) is 29.6 Å². The third-order valence-electron chi connectivity index (χ3n) is 7.77. The quantitative estimate of drug-likeness (QED) is 0.175. The third-order valence-corrected chi connectivity index (χ3v) is 8.92. The minimum Gasteiger partial charge on any atom is -0.496 e. The van der Waals surface area contributed by atoms with Gasteiger partial charge in [-0.2, -0.15) is 5.26 Å². The van der Waals surface area contributed by atoms with Gasteiger partial charge in [-0.3, -0.25) is 9.10 Å². The van der Waals surface area contributed by atoms with E-state index in [2.05, 4.69) is 10.3 Å². The minimum atomic E-state index is -4.06. The number of carbonyl (C=O) groups is 1. The summed E-state index contributed by atoms with van der Waals surface area (Å²) in [7, 11) is -1.10. The van der Waals surface area contributed by atoms with Gasteiger partial charge in [0.25, 0.3) is 5.91 Å². The number of nitrogens with one attached hydrogen (secondary N) is 1. The lowest BCUT2D eigenvalue weighted by Crippen LogP contribution is -2.37. The van der Waals surface area contributed by atoms with E-state index in [-0.39, 0.29) is 34.9 Å². The molecule has 1 amide bonds. The van der Waals surface area contributed by atoms with Gasteiger partial charge in [-0.25, -0.2) is 17.8 Å². The number of para-hydroxylation sites is 2. The van der Waals surface area contributed by atoms with Crippen molar-refractivity contribution >= 4 is 43.7 Å². The Labute approximate surface area is 274 Å². The number of oxazole rings is 1. The number of nitrogens with zero attached hydrogens (tertiary/aromatic N) is 3. The van der Waals surface area contributed by atoms with Crippen LogP contribution in [0, 0.1) is 17.1 Å². The number of nitriles is 1. The topological polar surface area (TPSA) is 159 Å². The van der Waals surface area contributed by atoms with E-state index in [1.807, 2.05) is 18.2 Å². The number of aliphatic hydroxyl groups excluding tert-OH is 1. The van der Waals surface area contributed by atoms with Crippen LogP contribution in [0.4, 0.5) is 10.1 Å². The Kier molecular flexibility index (Phi) is 8.61. The van der Waals surface area contributed by atoms with Crippen LogP contribution in [0.2, 0.25) is 0 Å². The van der Waals surface area contributed by atoms with E-state index in [0.29, 0.717) is 44.5 Å². The van der Waals surface area contributed by atoms with Gasteiger partial charge in [0.2, 0.25) is 15.9 Å². The number of furan rings is 1. The molecule has 13 heteroatoms. The van der Waals surface area contributed by atoms with E-state index < -0.39 is 34.4 Å². The molecule has 1 atom stereocenters. The number of halogens is 1. The van der Waals surface area contributed by atoms with Crippen molar-refractivity contribution in [2.75, 3.05) is 31.3 Å². The van der Waals surface area contributed by atoms with Gasteiger partial charge in [0.1, 0.15) is 28.4 Å². The van der Waals surface area contributed by atoms with Crippen LogP contribution in [-0.4, -0.2) is 57.5 Å². The molecule has 6 rings (SSSR count). The molecular formula is C35H29FN4O7S. The van der Waals surface area contributed by atoms with Crippen molar-refractivity contribution in [3.63, 3.8) is 0 Å². The molecule has 0 saturated carbocycles. The standard InChI is InChI=1S/C35H29FN4O7S/c1-38-34(42)32-25-17-24(21-10-13-29(45-2)26(16-21)35-39-27-6-4-5-7-30(27)47-35)28(40(48(3,43)44)19-23(41)14-15-37)18-31(25)46-33(32)20-8-11-22(36)12-9-20/h4-13,16-18,23,41H,14,19H2,1-3H3,(H,38,42). The Morgan fingerprint density at radius 3 is 2.44 bits per heavy atom. The number of hydrogen-bond acceptors (Lipinski definition) is 9. The smallest absolute Gasteiger partial charge is 0.255 e. The average Bonchev–Trinajstić information content (AvgIpc) is 3.67. The summed E-state index contributed by atoms with van der Waals surface area (Å²) in [5, 5.41) is 22.8. The van der Waals surface area contributed by atoms with Gasteiger partial charge in [0.15, 0.2) is 5.58 Å². The van der Waals surface area contributed by atoms with Crippen LogP contribution >= 0.6 is 0 Å². The zero-order valence-corrected chi connectivity index (χ0v) is 26.8. The first-order valence-corrected chi connectivity index (χ1v) is 16.5. The lowest BCUT2D eigenvalue weighted by atomic mass is 9.96. The number of benzene rings is 4. The molecule has 0 aliphatic carbocycles. The van der Waals surface area contributed by atoms with E-state index in [1.165, 1.54) is 44.5 Å². The van der Waals surface area contributed by atoms with Crippen LogP contribution in [0.3, 0.4) is 0 Å². The zero-order chi connectivity index (χ0) is 34.2. The number of anilines is 1. The Hall–Kier alpha value is -5.71. The fraction of sp³-hybridized carbons (Fsp3) is 0.171. The van der Waals surface area contributed by atoms with E-state index >= 15 is 0 Å². The van der Waals surface area contributed by atoms with Crippen molar-refractivity contribution in [2.45, 2.75) is 12.5 Å². The van der Waals surface area contributed by atoms with Gasteiger partial charge < -0.3 is 24.0 Å². The first-order valence-electron chi connectivity index (χ1n) is 14.7. The van der Waals surface area contributed by atoms with Gasteiger partial charge in [-0.15, -0.1) is 0 Å². The van der Waals surface area contributed by atoms with Crippen LogP contribution in [0.5, 0.6) is 5.75 Å². The maximum Gasteiger partial charge on any atom is 0.255 e. The SMILES string of the molecule is CNC(=O)c1c(-c2ccc(F)cc2)oc2cc(N(CC(O)CC#N)S(C)(=O)=O)c(-c3ccc(OC)c(-c4nc5ccccc5o4)c3)cc12. The summed E-state index contributed by atoms with van der Waals surface area (Å²) >= 11 is 0. The number of fused-ring (bicyclic) bond motifs is 2. The van der Waals surface area contributed by atoms with E-state index in [1.54, 1.807) is 36.4 Å². The maximum absolute atomic E-state index is 13.8. The second-order valence-corrected chi connectivity index (χ2v) is 12.9. The Balaban J connectivity index is 1.66. The molecule has 1 unspecified atom stereocenters. The molecule has 6 aromatic rings. The van der Waals surface area contributed by atoms with Crippen LogP contribution in [-0.2, 0) is 10.0 Å². The summed E-state index contributed by atoms with van der Waals surface area (Å²) in [5.41, 5.74) is 3.31. The number of amides is 1. The molecule has 2 heterocycles. The number of aliphatic hydroxyl groups is 1. The summed E-state index contributed by atoms with van der Waals surface area (Å²) in [6, 6.07) is 22.7. The summed E-state index contributed by atoms with van der Waals surface area (Å²) in [4.78, 5) is 18.0. The molecule has 0 fully saturated rings. The maximum atomic E-state index is 13.8. The summed E-state index contributed by atoms with van der Waals surface area (Å²) in [5.74, 6) is -0.127. The van der Waals surface area contributed by atoms with Crippen molar-refractivity contribution in [1.29, 1.82) is 5.26 Å². The molecular weight excluding hydrogens is 639 g/mol. The molecule has 0 radical (unpaired) electrons. The van der Waals surface area contributed by atoms with Crippen molar-refractivity contribution in [3.8, 4) is 45.7 Å². The molecule has 11 nitrogen and oxygen atoms in total. The highest BCUT2D eigenvalue weighted by Gasteiger charge is 2.29. The van der Waals surface area contributed by atoms with Gasteiger partial charge >= 0.3 is 0 Å². The van der Waals surface area contributed by atoms with Crippen molar-refractivity contribution in [2.24, 2.45) is 0 Å². The molecule has 0 bridgehead atoms. The van der Waals surface area contributed by atoms with Crippen molar-refractivity contribution in [1.82, 2.24) is 10.3 Å². The van der Waals surface area contributed by atoms with Gasteiger partial charge in [-0.1, -0.05) is 18.2 Å². The Bertz CT molecular complexity index is 2290. The predicted molar refractivity (Wildman–Crippen MR) is 178 cm³/mol. The number of carbonyl (C=O) groups excluding carboxylic acids is 1. The van der Waals surface area contributed by atoms with Crippen LogP contribution in [0.15, 0.2) is 87.7 Å². The highest BCUT2D eigenvalue weighted by atomic mass is 32.2. The van der Waals surface area contributed by atoms with Crippen LogP contribution in [0.1, 0.15) is 16.8 Å². The second-order valence-electron chi connectivity index (χ2n) is 11.0. The first kappa shape index (κ1) is 32.2. The third kappa shape index (κ3) is 6.06. The normalized spacial score (nSPS) is 12.2. The number of hydrogen-bond donors (Lipinski definition) is 2. The fourth-order valence-corrected chi connectivity index (χ4v) is 6.48. The molecule has 0 aliphatic heterocycles. The molecule has 2 aromatic heterocycles. The number of sulfonamides is 1. The molecule has 0 spiro atoms. The van der Waals surface area contributed by atoms with Gasteiger partial charge in [0.05, 0.1) is 55.3 Å². The highest BCUT2D eigenvalue weighted by Crippen LogP contribution is 2.44. The summed E-state index contributed by atoms with van der Waals surface area (Å²) in [6.45, 7) is -0.438. The summed E-state index contributed by atoms with van der Waals surface area (Å²) < 4.78 is 59.3. The van der Waals surface area contributed by atoms with Crippen molar-refractivity contribution in [3.05, 3.63) is 90.2 Å². The van der Waals surface area contributed by atoms with Crippen molar-refractivity contribution < 1.29 is 36.3 Å². The molecule has 0 aliphatic rings. The first-order chi connectivity index (χ1) is 23.0. The lowest BCUT2D eigenvalue weighted by molar-refractivity contribution is 0.0964. The number of methoxy groups -OCH3 is 1. The number of ether oxygens (including phenoxy) is 1. The number of aromatic nitrogens is 1. The fourth-order valence-electron chi connectivity index (χ4n) is 5.53. The number of rotatable bonds is 10. The monoisotopic (exact) mass is 668 g/mol. The molecule has 244 valence electrons. The van der Waals surface area contributed by atoms with Crippen LogP contribution in [0.25, 0.3) is 56.0 Å². The molecule has 2 N–H and O–H groups in total. The highest BCUT2D eigenvalue weighted by molar-refractivity contribution is 7.92. The average molecular weight is 669 g/mol. The molecule has 0 saturated heterocycles. The Morgan fingerprint density at radius 2 is 1.77 bits per heavy atom. The largest absolute Gasteiger partial charge is 0.496 e. The van der Waals surface area contributed by atoms with E-state index in [4.69, 9.17) is 13.6 Å². The lowest BCUT2D eigenvalue weighted by Gasteiger charge is -2.27. The molecule has 48 heavy (non-hydrogen) atoms. The minimum absolute atomic E-state index is 0.110. The Morgan fingerprint density at radius 1 is 1.04 bits per heavy atom. The van der Waals surface area contributed by atoms with Crippen LogP contribution < -0.4 is 14.4 Å². The van der Waals surface area contributed by atoms with Gasteiger partial charge in [-0.05, 0) is 60.2 Å². The molecule has 4 aromatic carbocycles. The predicted octanol–water partition coefficient (Wildman–Crippen LogP) is 6.12. The second kappa shape index (κ2) is 12.8. The van der Waals surface area contributed by atoms with E-state index in [9.17, 15) is 28.0 Å². The zero-order valence-electron chi connectivity index (χ0n) is 26.0. The summed E-state index contributed by atoms with van der Waals surface area (Å²) in [6.07, 6.45) is -0.642.